The van der Waals surface area contributed by atoms with Crippen molar-refractivity contribution < 1.29 is 13.9 Å². The predicted octanol–water partition coefficient (Wildman–Crippen LogP) is 5.67. The van der Waals surface area contributed by atoms with E-state index in [0.29, 0.717) is 52.4 Å². The molecule has 3 aromatic heterocycles. The molecule has 3 N–H and O–H groups in total. The molecule has 0 unspecified atom stereocenters. The number of phenols is 1. The summed E-state index contributed by atoms with van der Waals surface area (Å²) in [6.45, 7) is 1.28. The molecule has 5 aromatic rings. The standard InChI is InChI=1S/C31H27F2N7O/c32-20-10-19(11-21(33)12-20)26-15-36-31-28(29(26)38-8-6-22(35)7-9-38)27(25-3-1-2-18(13-34)30(25)41)17-39(31)24-14-37-40(16-24)23-4-5-23/h1-3,10-12,14-17,22-23,41H,4-9,35H2. The number of aromatic nitrogens is 4. The molecule has 1 aliphatic carbocycles. The van der Waals surface area contributed by atoms with Gasteiger partial charge < -0.3 is 15.7 Å². The van der Waals surface area contributed by atoms with Crippen molar-refractivity contribution in [2.75, 3.05) is 18.0 Å². The number of rotatable bonds is 5. The zero-order chi connectivity index (χ0) is 28.2. The highest BCUT2D eigenvalue weighted by Gasteiger charge is 2.29. The molecule has 0 bridgehead atoms. The molecule has 0 atom stereocenters. The van der Waals surface area contributed by atoms with Gasteiger partial charge in [-0.25, -0.2) is 13.8 Å². The van der Waals surface area contributed by atoms with Crippen LogP contribution in [0.4, 0.5) is 14.5 Å². The Morgan fingerprint density at radius 2 is 1.71 bits per heavy atom. The number of phenolic OH excluding ortho intramolecular Hbond substituents is 1. The molecule has 10 heteroatoms. The minimum absolute atomic E-state index is 0.0623. The van der Waals surface area contributed by atoms with Gasteiger partial charge in [-0.3, -0.25) is 9.25 Å². The van der Waals surface area contributed by atoms with Crippen LogP contribution in [0.2, 0.25) is 0 Å². The lowest BCUT2D eigenvalue weighted by atomic mass is 9.95. The number of para-hydroxylation sites is 1. The van der Waals surface area contributed by atoms with Crippen molar-refractivity contribution in [2.45, 2.75) is 37.8 Å². The number of hydrogen-bond acceptors (Lipinski definition) is 6. The average molecular weight is 552 g/mol. The fraction of sp³-hybridized carbons (Fsp3) is 0.258. The first kappa shape index (κ1) is 25.2. The fourth-order valence-corrected chi connectivity index (χ4v) is 5.79. The summed E-state index contributed by atoms with van der Waals surface area (Å²) in [5.74, 6) is -1.51. The number of fused-ring (bicyclic) bond motifs is 1. The van der Waals surface area contributed by atoms with E-state index in [0.717, 1.165) is 43.1 Å². The average Bonchev–Trinajstić information content (AvgIpc) is 3.57. The van der Waals surface area contributed by atoms with Gasteiger partial charge in [0.2, 0.25) is 0 Å². The number of nitriles is 1. The van der Waals surface area contributed by atoms with Crippen LogP contribution in [0.25, 0.3) is 39.0 Å². The Balaban J connectivity index is 1.56. The van der Waals surface area contributed by atoms with Crippen LogP contribution in [-0.2, 0) is 0 Å². The maximum absolute atomic E-state index is 14.5. The quantitative estimate of drug-likeness (QED) is 0.291. The molecular formula is C31H27F2N7O. The number of aromatic hydroxyl groups is 1. The highest BCUT2D eigenvalue weighted by atomic mass is 19.1. The number of nitrogens with two attached hydrogens (primary N) is 1. The Hall–Kier alpha value is -4.75. The molecule has 0 radical (unpaired) electrons. The summed E-state index contributed by atoms with van der Waals surface area (Å²) in [5, 5.41) is 26.1. The number of pyridine rings is 1. The molecule has 2 aromatic carbocycles. The first-order chi connectivity index (χ1) is 19.9. The van der Waals surface area contributed by atoms with Gasteiger partial charge in [0, 0.05) is 60.5 Å². The van der Waals surface area contributed by atoms with E-state index in [-0.39, 0.29) is 17.4 Å². The van der Waals surface area contributed by atoms with Crippen molar-refractivity contribution in [1.29, 1.82) is 5.26 Å². The van der Waals surface area contributed by atoms with Crippen molar-refractivity contribution in [1.82, 2.24) is 19.3 Å². The maximum Gasteiger partial charge on any atom is 0.147 e. The van der Waals surface area contributed by atoms with Crippen molar-refractivity contribution in [3.05, 3.63) is 78.4 Å². The SMILES string of the molecule is N#Cc1cccc(-c2cn(-c3cnn(C4CC4)c3)c3ncc(-c4cc(F)cc(F)c4)c(N4CCC(N)CC4)c23)c1O. The molecule has 0 spiro atoms. The van der Waals surface area contributed by atoms with Crippen molar-refractivity contribution >= 4 is 16.7 Å². The van der Waals surface area contributed by atoms with Gasteiger partial charge in [-0.15, -0.1) is 0 Å². The van der Waals surface area contributed by atoms with E-state index in [1.54, 1.807) is 30.6 Å². The van der Waals surface area contributed by atoms with E-state index >= 15 is 0 Å². The van der Waals surface area contributed by atoms with Gasteiger partial charge in [0.05, 0.1) is 34.6 Å². The molecule has 8 nitrogen and oxygen atoms in total. The second-order valence-electron chi connectivity index (χ2n) is 10.8. The number of piperidine rings is 1. The number of halogens is 2. The smallest absolute Gasteiger partial charge is 0.147 e. The monoisotopic (exact) mass is 551 g/mol. The molecular weight excluding hydrogens is 524 g/mol. The molecule has 2 fully saturated rings. The highest BCUT2D eigenvalue weighted by molar-refractivity contribution is 6.09. The first-order valence-corrected chi connectivity index (χ1v) is 13.7. The third-order valence-electron chi connectivity index (χ3n) is 8.05. The Morgan fingerprint density at radius 3 is 2.41 bits per heavy atom. The Kier molecular flexibility index (Phi) is 5.98. The Morgan fingerprint density at radius 1 is 0.951 bits per heavy atom. The van der Waals surface area contributed by atoms with Crippen LogP contribution in [0.1, 0.15) is 37.3 Å². The first-order valence-electron chi connectivity index (χ1n) is 13.7. The highest BCUT2D eigenvalue weighted by Crippen LogP contribution is 2.46. The van der Waals surface area contributed by atoms with Gasteiger partial charge in [-0.1, -0.05) is 12.1 Å². The summed E-state index contributed by atoms with van der Waals surface area (Å²) in [6, 6.07) is 11.0. The molecule has 1 saturated heterocycles. The maximum atomic E-state index is 14.5. The van der Waals surface area contributed by atoms with E-state index in [4.69, 9.17) is 10.7 Å². The summed E-state index contributed by atoms with van der Waals surface area (Å²) >= 11 is 0. The molecule has 0 amide bonds. The summed E-state index contributed by atoms with van der Waals surface area (Å²) < 4.78 is 32.8. The van der Waals surface area contributed by atoms with Crippen molar-refractivity contribution in [3.8, 4) is 39.8 Å². The summed E-state index contributed by atoms with van der Waals surface area (Å²) in [4.78, 5) is 7.01. The molecule has 1 aliphatic heterocycles. The van der Waals surface area contributed by atoms with Gasteiger partial charge >= 0.3 is 0 Å². The minimum atomic E-state index is -0.684. The van der Waals surface area contributed by atoms with Crippen LogP contribution < -0.4 is 10.6 Å². The number of anilines is 1. The van der Waals surface area contributed by atoms with Gasteiger partial charge in [0.25, 0.3) is 0 Å². The van der Waals surface area contributed by atoms with Gasteiger partial charge in [0.15, 0.2) is 0 Å². The summed E-state index contributed by atoms with van der Waals surface area (Å²) in [5.41, 5.74) is 10.6. The molecule has 7 rings (SSSR count). The minimum Gasteiger partial charge on any atom is -0.506 e. The second kappa shape index (κ2) is 9.71. The lowest BCUT2D eigenvalue weighted by Gasteiger charge is -2.34. The predicted molar refractivity (Wildman–Crippen MR) is 152 cm³/mol. The van der Waals surface area contributed by atoms with Crippen LogP contribution in [-0.4, -0.2) is 43.6 Å². The number of benzene rings is 2. The van der Waals surface area contributed by atoms with E-state index in [1.165, 1.54) is 12.1 Å². The third kappa shape index (κ3) is 4.39. The molecule has 4 heterocycles. The zero-order valence-corrected chi connectivity index (χ0v) is 22.1. The normalized spacial score (nSPS) is 15.9. The summed E-state index contributed by atoms with van der Waals surface area (Å²) in [7, 11) is 0. The Labute approximate surface area is 234 Å². The molecule has 41 heavy (non-hydrogen) atoms. The zero-order valence-electron chi connectivity index (χ0n) is 22.1. The number of hydrogen-bond donors (Lipinski definition) is 2. The van der Waals surface area contributed by atoms with E-state index in [2.05, 4.69) is 16.1 Å². The van der Waals surface area contributed by atoms with Crippen LogP contribution in [0.15, 0.2) is 61.2 Å². The second-order valence-corrected chi connectivity index (χ2v) is 10.8. The summed E-state index contributed by atoms with van der Waals surface area (Å²) in [6.07, 6.45) is 11.0. The van der Waals surface area contributed by atoms with Gasteiger partial charge in [-0.05, 0) is 49.4 Å². The lowest BCUT2D eigenvalue weighted by molar-refractivity contribution is 0.475. The van der Waals surface area contributed by atoms with Gasteiger partial charge in [-0.2, -0.15) is 10.4 Å². The topological polar surface area (TPSA) is 109 Å². The lowest BCUT2D eigenvalue weighted by Crippen LogP contribution is -2.40. The molecule has 1 saturated carbocycles. The van der Waals surface area contributed by atoms with E-state index in [9.17, 15) is 19.1 Å². The van der Waals surface area contributed by atoms with Crippen LogP contribution >= 0.6 is 0 Å². The third-order valence-corrected chi connectivity index (χ3v) is 8.05. The van der Waals surface area contributed by atoms with E-state index < -0.39 is 11.6 Å². The largest absolute Gasteiger partial charge is 0.506 e. The molecule has 2 aliphatic rings. The van der Waals surface area contributed by atoms with E-state index in [1.807, 2.05) is 21.6 Å². The molecule has 206 valence electrons. The van der Waals surface area contributed by atoms with Crippen LogP contribution in [0.5, 0.6) is 5.75 Å². The fourth-order valence-electron chi connectivity index (χ4n) is 5.79. The van der Waals surface area contributed by atoms with Gasteiger partial charge in [0.1, 0.15) is 29.1 Å². The van der Waals surface area contributed by atoms with Crippen molar-refractivity contribution in [3.63, 3.8) is 0 Å². The van der Waals surface area contributed by atoms with Crippen LogP contribution in [0.3, 0.4) is 0 Å². The Bertz CT molecular complexity index is 1820. The number of nitrogens with zero attached hydrogens (tertiary/aromatic N) is 6. The van der Waals surface area contributed by atoms with Crippen molar-refractivity contribution in [2.24, 2.45) is 5.73 Å². The van der Waals surface area contributed by atoms with Crippen LogP contribution in [0, 0.1) is 23.0 Å².